The van der Waals surface area contributed by atoms with E-state index in [9.17, 15) is 0 Å². The predicted molar refractivity (Wildman–Crippen MR) is 86.7 cm³/mol. The Morgan fingerprint density at radius 1 is 0.905 bits per heavy atom. The zero-order valence-corrected chi connectivity index (χ0v) is 12.0. The molecular formula is C19H16N2. The first kappa shape index (κ1) is 12.2. The highest BCUT2D eigenvalue weighted by Crippen LogP contribution is 2.23. The van der Waals surface area contributed by atoms with Crippen LogP contribution in [-0.4, -0.2) is 9.38 Å². The maximum absolute atomic E-state index is 4.65. The SMILES string of the molecule is Cc1nc2ccccn2c1Cc1cccc2ccccc12. The van der Waals surface area contributed by atoms with Crippen LogP contribution in [0.1, 0.15) is 17.0 Å². The van der Waals surface area contributed by atoms with Crippen LogP contribution in [-0.2, 0) is 6.42 Å². The van der Waals surface area contributed by atoms with Gasteiger partial charge in [0.15, 0.2) is 0 Å². The van der Waals surface area contributed by atoms with E-state index in [0.29, 0.717) is 0 Å². The van der Waals surface area contributed by atoms with E-state index < -0.39 is 0 Å². The van der Waals surface area contributed by atoms with Crippen molar-refractivity contribution < 1.29 is 0 Å². The molecule has 2 heterocycles. The summed E-state index contributed by atoms with van der Waals surface area (Å²) in [5, 5.41) is 2.62. The summed E-state index contributed by atoms with van der Waals surface area (Å²) in [5.41, 5.74) is 4.74. The summed E-state index contributed by atoms with van der Waals surface area (Å²) in [6.45, 7) is 2.09. The predicted octanol–water partition coefficient (Wildman–Crippen LogP) is 4.39. The van der Waals surface area contributed by atoms with E-state index in [-0.39, 0.29) is 0 Å². The van der Waals surface area contributed by atoms with Crippen LogP contribution in [0.5, 0.6) is 0 Å². The fraction of sp³-hybridized carbons (Fsp3) is 0.105. The first-order valence-corrected chi connectivity index (χ1v) is 7.22. The number of fused-ring (bicyclic) bond motifs is 2. The lowest BCUT2D eigenvalue weighted by Gasteiger charge is -2.07. The molecule has 4 aromatic rings. The van der Waals surface area contributed by atoms with Gasteiger partial charge in [0.2, 0.25) is 0 Å². The van der Waals surface area contributed by atoms with Crippen molar-refractivity contribution in [1.29, 1.82) is 0 Å². The molecule has 0 saturated carbocycles. The van der Waals surface area contributed by atoms with Gasteiger partial charge >= 0.3 is 0 Å². The zero-order valence-electron chi connectivity index (χ0n) is 12.0. The van der Waals surface area contributed by atoms with Gasteiger partial charge in [0.1, 0.15) is 5.65 Å². The van der Waals surface area contributed by atoms with Gasteiger partial charge in [-0.05, 0) is 35.4 Å². The van der Waals surface area contributed by atoms with E-state index in [1.54, 1.807) is 0 Å². The molecule has 4 rings (SSSR count). The van der Waals surface area contributed by atoms with E-state index in [0.717, 1.165) is 17.8 Å². The van der Waals surface area contributed by atoms with Crippen molar-refractivity contribution in [3.8, 4) is 0 Å². The molecule has 0 aliphatic rings. The molecular weight excluding hydrogens is 256 g/mol. The molecule has 0 atom stereocenters. The largest absolute Gasteiger partial charge is 0.303 e. The molecule has 21 heavy (non-hydrogen) atoms. The zero-order chi connectivity index (χ0) is 14.2. The smallest absolute Gasteiger partial charge is 0.137 e. The number of hydrogen-bond donors (Lipinski definition) is 0. The molecule has 0 aliphatic carbocycles. The minimum Gasteiger partial charge on any atom is -0.303 e. The molecule has 2 aromatic carbocycles. The van der Waals surface area contributed by atoms with E-state index in [1.165, 1.54) is 22.0 Å². The number of aromatic nitrogens is 2. The molecule has 0 N–H and O–H groups in total. The van der Waals surface area contributed by atoms with Gasteiger partial charge in [0.25, 0.3) is 0 Å². The standard InChI is InChI=1S/C19H16N2/c1-14-18(21-12-5-4-11-19(21)20-14)13-16-9-6-8-15-7-2-3-10-17(15)16/h2-12H,13H2,1H3. The first-order chi connectivity index (χ1) is 10.3. The molecule has 0 aliphatic heterocycles. The van der Waals surface area contributed by atoms with Crippen molar-refractivity contribution in [1.82, 2.24) is 9.38 Å². The van der Waals surface area contributed by atoms with Gasteiger partial charge in [-0.1, -0.05) is 48.5 Å². The van der Waals surface area contributed by atoms with Crippen LogP contribution in [0.4, 0.5) is 0 Å². The monoisotopic (exact) mass is 272 g/mol. The topological polar surface area (TPSA) is 17.3 Å². The number of hydrogen-bond acceptors (Lipinski definition) is 1. The third-order valence-electron chi connectivity index (χ3n) is 4.07. The summed E-state index contributed by atoms with van der Waals surface area (Å²) in [4.78, 5) is 4.65. The van der Waals surface area contributed by atoms with Gasteiger partial charge < -0.3 is 4.40 Å². The Hall–Kier alpha value is -2.61. The molecule has 0 saturated heterocycles. The average Bonchev–Trinajstić information content (AvgIpc) is 2.84. The highest BCUT2D eigenvalue weighted by molar-refractivity contribution is 5.85. The second kappa shape index (κ2) is 4.74. The maximum atomic E-state index is 4.65. The fourth-order valence-corrected chi connectivity index (χ4v) is 3.00. The third-order valence-corrected chi connectivity index (χ3v) is 4.07. The lowest BCUT2D eigenvalue weighted by atomic mass is 10.0. The van der Waals surface area contributed by atoms with Gasteiger partial charge in [-0.25, -0.2) is 4.98 Å². The molecule has 0 fully saturated rings. The Bertz CT molecular complexity index is 929. The molecule has 0 radical (unpaired) electrons. The highest BCUT2D eigenvalue weighted by Gasteiger charge is 2.10. The number of nitrogens with zero attached hydrogens (tertiary/aromatic N) is 2. The van der Waals surface area contributed by atoms with Crippen LogP contribution in [0, 0.1) is 6.92 Å². The Morgan fingerprint density at radius 2 is 1.71 bits per heavy atom. The minimum atomic E-state index is 0.901. The molecule has 0 bridgehead atoms. The second-order valence-electron chi connectivity index (χ2n) is 5.39. The van der Waals surface area contributed by atoms with E-state index in [1.807, 2.05) is 6.07 Å². The number of benzene rings is 2. The second-order valence-corrected chi connectivity index (χ2v) is 5.39. The summed E-state index contributed by atoms with van der Waals surface area (Å²) in [6, 6.07) is 21.2. The first-order valence-electron chi connectivity index (χ1n) is 7.22. The molecule has 2 nitrogen and oxygen atoms in total. The highest BCUT2D eigenvalue weighted by atomic mass is 15.0. The Balaban J connectivity index is 1.89. The molecule has 0 spiro atoms. The van der Waals surface area contributed by atoms with Gasteiger partial charge in [0.05, 0.1) is 5.69 Å². The van der Waals surface area contributed by atoms with Crippen LogP contribution < -0.4 is 0 Å². The van der Waals surface area contributed by atoms with Crippen LogP contribution in [0.25, 0.3) is 16.4 Å². The summed E-state index contributed by atoms with van der Waals surface area (Å²) < 4.78 is 2.19. The van der Waals surface area contributed by atoms with Crippen molar-refractivity contribution in [2.45, 2.75) is 13.3 Å². The van der Waals surface area contributed by atoms with E-state index >= 15 is 0 Å². The van der Waals surface area contributed by atoms with Gasteiger partial charge in [-0.15, -0.1) is 0 Å². The van der Waals surface area contributed by atoms with Crippen molar-refractivity contribution in [2.24, 2.45) is 0 Å². The van der Waals surface area contributed by atoms with Crippen LogP contribution in [0.3, 0.4) is 0 Å². The Labute approximate surface area is 123 Å². The lowest BCUT2D eigenvalue weighted by Crippen LogP contribution is -1.97. The minimum absolute atomic E-state index is 0.901. The maximum Gasteiger partial charge on any atom is 0.137 e. The lowest BCUT2D eigenvalue weighted by molar-refractivity contribution is 1.01. The van der Waals surface area contributed by atoms with Crippen molar-refractivity contribution in [2.75, 3.05) is 0 Å². The molecule has 2 aromatic heterocycles. The number of imidazole rings is 1. The van der Waals surface area contributed by atoms with Crippen molar-refractivity contribution in [3.63, 3.8) is 0 Å². The Morgan fingerprint density at radius 3 is 2.67 bits per heavy atom. The van der Waals surface area contributed by atoms with Crippen LogP contribution >= 0.6 is 0 Å². The third kappa shape index (κ3) is 2.00. The number of pyridine rings is 1. The van der Waals surface area contributed by atoms with Crippen LogP contribution in [0.15, 0.2) is 66.9 Å². The summed E-state index contributed by atoms with van der Waals surface area (Å²) in [6.07, 6.45) is 2.99. The molecule has 0 amide bonds. The van der Waals surface area contributed by atoms with E-state index in [2.05, 4.69) is 77.1 Å². The van der Waals surface area contributed by atoms with Crippen LogP contribution in [0.2, 0.25) is 0 Å². The normalized spacial score (nSPS) is 11.3. The van der Waals surface area contributed by atoms with Crippen molar-refractivity contribution >= 4 is 16.4 Å². The number of aryl methyl sites for hydroxylation is 1. The van der Waals surface area contributed by atoms with Crippen molar-refractivity contribution in [3.05, 3.63) is 83.8 Å². The summed E-state index contributed by atoms with van der Waals surface area (Å²) in [7, 11) is 0. The Kier molecular flexibility index (Phi) is 2.74. The molecule has 102 valence electrons. The molecule has 2 heteroatoms. The average molecular weight is 272 g/mol. The summed E-state index contributed by atoms with van der Waals surface area (Å²) >= 11 is 0. The van der Waals surface area contributed by atoms with Gasteiger partial charge in [-0.3, -0.25) is 0 Å². The molecule has 0 unspecified atom stereocenters. The quantitative estimate of drug-likeness (QED) is 0.529. The van der Waals surface area contributed by atoms with E-state index in [4.69, 9.17) is 0 Å². The van der Waals surface area contributed by atoms with Gasteiger partial charge in [-0.2, -0.15) is 0 Å². The fourth-order valence-electron chi connectivity index (χ4n) is 3.00. The number of rotatable bonds is 2. The summed E-state index contributed by atoms with van der Waals surface area (Å²) in [5.74, 6) is 0. The van der Waals surface area contributed by atoms with Gasteiger partial charge in [0, 0.05) is 18.3 Å².